The third-order valence-electron chi connectivity index (χ3n) is 9.73. The van der Waals surface area contributed by atoms with Gasteiger partial charge in [-0.1, -0.05) is 47.1 Å². The van der Waals surface area contributed by atoms with Crippen molar-refractivity contribution in [1.82, 2.24) is 9.80 Å². The summed E-state index contributed by atoms with van der Waals surface area (Å²) in [6.07, 6.45) is 2.39. The van der Waals surface area contributed by atoms with Gasteiger partial charge in [0.1, 0.15) is 6.04 Å². The fourth-order valence-corrected chi connectivity index (χ4v) is 7.11. The van der Waals surface area contributed by atoms with Gasteiger partial charge < -0.3 is 39.5 Å². The first kappa shape index (κ1) is 40.0. The molecule has 0 saturated carbocycles. The molecule has 0 aromatic heterocycles. The zero-order valence-electron chi connectivity index (χ0n) is 30.3. The number of nitrogens with one attached hydrogen (secondary N) is 1. The number of carbonyl (C=O) groups excluding carboxylic acids is 2. The zero-order chi connectivity index (χ0) is 38.7. The average molecular weight is 779 g/mol. The third kappa shape index (κ3) is 9.95. The van der Waals surface area contributed by atoms with Gasteiger partial charge in [-0.25, -0.2) is 9.18 Å². The van der Waals surface area contributed by atoms with Gasteiger partial charge in [0.15, 0.2) is 5.82 Å². The Morgan fingerprint density at radius 1 is 0.909 bits per heavy atom. The molecule has 0 fully saturated rings. The lowest BCUT2D eigenvalue weighted by molar-refractivity contribution is -0.148. The molecule has 0 spiro atoms. The number of carboxylic acids is 1. The van der Waals surface area contributed by atoms with Crippen molar-refractivity contribution in [1.29, 1.82) is 0 Å². The van der Waals surface area contributed by atoms with Crippen molar-refractivity contribution in [3.05, 3.63) is 105 Å². The molecule has 3 heterocycles. The molecule has 0 bridgehead atoms. The highest BCUT2D eigenvalue weighted by Gasteiger charge is 2.42. The number of carbonyl (C=O) groups is 3. The van der Waals surface area contributed by atoms with Crippen LogP contribution in [0.25, 0.3) is 5.57 Å². The van der Waals surface area contributed by atoms with Crippen LogP contribution in [0.4, 0.5) is 10.1 Å². The third-order valence-corrected chi connectivity index (χ3v) is 10.0. The Morgan fingerprint density at radius 3 is 2.33 bits per heavy atom. The highest BCUT2D eigenvalue weighted by Crippen LogP contribution is 2.38. The summed E-state index contributed by atoms with van der Waals surface area (Å²) >= 11 is 5.99. The van der Waals surface area contributed by atoms with Crippen molar-refractivity contribution < 1.29 is 48.0 Å². The molecule has 2 amide bonds. The molecule has 13 nitrogen and oxygen atoms in total. The lowest BCUT2D eigenvalue weighted by atomic mass is 9.84. The summed E-state index contributed by atoms with van der Waals surface area (Å²) in [6.45, 7) is 5.24. The van der Waals surface area contributed by atoms with Crippen LogP contribution in [-0.2, 0) is 35.1 Å². The van der Waals surface area contributed by atoms with Gasteiger partial charge in [-0.2, -0.15) is 0 Å². The highest BCUT2D eigenvalue weighted by molar-refractivity contribution is 6.31. The van der Waals surface area contributed by atoms with E-state index in [1.54, 1.807) is 6.07 Å². The number of benzene rings is 3. The normalized spacial score (nSPS) is 18.3. The summed E-state index contributed by atoms with van der Waals surface area (Å²) in [6, 6.07) is 15.1. The average Bonchev–Trinajstić information content (AvgIpc) is 3.69. The molecule has 2 atom stereocenters. The number of fused-ring (bicyclic) bond motifs is 1. The molecule has 3 aromatic rings. The van der Waals surface area contributed by atoms with Gasteiger partial charge in [0, 0.05) is 43.9 Å². The molecular weight excluding hydrogens is 735 g/mol. The maximum atomic E-state index is 14.8. The minimum Gasteiger partial charge on any atom is -0.478 e. The van der Waals surface area contributed by atoms with Gasteiger partial charge in [0.05, 0.1) is 62.5 Å². The number of aliphatic hydroxyl groups excluding tert-OH is 1. The van der Waals surface area contributed by atoms with E-state index in [0.29, 0.717) is 57.3 Å². The number of carboxylic acid groups (broad SMARTS) is 1. The van der Waals surface area contributed by atoms with Crippen LogP contribution < -0.4 is 5.32 Å². The van der Waals surface area contributed by atoms with E-state index >= 15 is 0 Å². The molecular formula is C40H44ClFN4O9. The molecule has 3 aliphatic heterocycles. The van der Waals surface area contributed by atoms with Gasteiger partial charge in [-0.05, 0) is 71.5 Å². The van der Waals surface area contributed by atoms with E-state index in [0.717, 1.165) is 42.8 Å². The van der Waals surface area contributed by atoms with E-state index in [4.69, 9.17) is 35.8 Å². The van der Waals surface area contributed by atoms with Gasteiger partial charge in [-0.15, -0.1) is 0 Å². The number of hydrogen-bond donors (Lipinski definition) is 3. The lowest BCUT2D eigenvalue weighted by Gasteiger charge is -2.38. The van der Waals surface area contributed by atoms with Crippen LogP contribution in [0.3, 0.4) is 0 Å². The zero-order valence-corrected chi connectivity index (χ0v) is 31.0. The summed E-state index contributed by atoms with van der Waals surface area (Å²) < 4.78 is 31.2. The van der Waals surface area contributed by atoms with Crippen molar-refractivity contribution in [2.24, 2.45) is 5.16 Å². The van der Waals surface area contributed by atoms with E-state index in [1.165, 1.54) is 41.3 Å². The van der Waals surface area contributed by atoms with Crippen LogP contribution in [0, 0.1) is 5.82 Å². The smallest absolute Gasteiger partial charge is 0.335 e. The molecule has 55 heavy (non-hydrogen) atoms. The van der Waals surface area contributed by atoms with Crippen molar-refractivity contribution >= 4 is 46.4 Å². The molecule has 0 radical (unpaired) electrons. The standard InChI is InChI=1S/C40H44ClFN4O9/c41-33-6-2-5-32(36(33)42)34-25-35(55-44-34)39(49)46-16-13-30-29(26-11-14-45(15-12-26)17-19-52-21-23-54-24-22-53-20-18-47)3-1-4-31(30)37(46)38(48)43-28-9-7-27(8-10-28)40(50)51/h1-11,35,37,47H,12-25H2,(H,43,48)(H,50,51)/t35-,37+/m1/s1. The molecule has 0 saturated heterocycles. The number of aromatic carboxylic acids is 1. The van der Waals surface area contributed by atoms with Gasteiger partial charge >= 0.3 is 5.97 Å². The fraction of sp³-hybridized carbons (Fsp3) is 0.400. The molecule has 0 unspecified atom stereocenters. The van der Waals surface area contributed by atoms with Crippen molar-refractivity contribution in [2.45, 2.75) is 31.4 Å². The SMILES string of the molecule is O=C(O)c1ccc(NC(=O)[C@@H]2c3cccc(C4=CCN(CCOCCOCCOCCO)CC4)c3CCN2C(=O)[C@H]2CC(c3cccc(Cl)c3F)=NO2)cc1. The van der Waals surface area contributed by atoms with Gasteiger partial charge in [0.2, 0.25) is 6.10 Å². The highest BCUT2D eigenvalue weighted by atomic mass is 35.5. The summed E-state index contributed by atoms with van der Waals surface area (Å²) in [7, 11) is 0. The number of anilines is 1. The summed E-state index contributed by atoms with van der Waals surface area (Å²) in [5.74, 6) is -2.68. The maximum Gasteiger partial charge on any atom is 0.335 e. The number of halogens is 2. The van der Waals surface area contributed by atoms with Crippen LogP contribution in [-0.4, -0.2) is 122 Å². The van der Waals surface area contributed by atoms with E-state index < -0.39 is 35.7 Å². The number of rotatable bonds is 17. The quantitative estimate of drug-likeness (QED) is 0.166. The first-order valence-corrected chi connectivity index (χ1v) is 18.6. The van der Waals surface area contributed by atoms with Crippen LogP contribution in [0.1, 0.15) is 51.5 Å². The Morgan fingerprint density at radius 2 is 1.62 bits per heavy atom. The Kier molecular flexibility index (Phi) is 14.0. The number of nitrogens with zero attached hydrogens (tertiary/aromatic N) is 3. The molecule has 3 N–H and O–H groups in total. The number of oxime groups is 1. The van der Waals surface area contributed by atoms with Crippen molar-refractivity contribution in [2.75, 3.05) is 77.7 Å². The molecule has 15 heteroatoms. The Labute approximate surface area is 323 Å². The monoisotopic (exact) mass is 778 g/mol. The van der Waals surface area contributed by atoms with Crippen LogP contribution in [0.5, 0.6) is 0 Å². The molecule has 3 aromatic carbocycles. The van der Waals surface area contributed by atoms with Gasteiger partial charge in [0.25, 0.3) is 11.8 Å². The van der Waals surface area contributed by atoms with E-state index in [-0.39, 0.29) is 41.4 Å². The van der Waals surface area contributed by atoms with Crippen LogP contribution in [0.15, 0.2) is 71.9 Å². The predicted molar refractivity (Wildman–Crippen MR) is 203 cm³/mol. The number of ether oxygens (including phenoxy) is 3. The molecule has 0 aliphatic carbocycles. The minimum absolute atomic E-state index is 0.00572. The predicted octanol–water partition coefficient (Wildman–Crippen LogP) is 4.57. The number of hydrogen-bond acceptors (Lipinski definition) is 10. The minimum atomic E-state index is -1.09. The van der Waals surface area contributed by atoms with E-state index in [2.05, 4.69) is 27.5 Å². The van der Waals surface area contributed by atoms with E-state index in [9.17, 15) is 23.9 Å². The lowest BCUT2D eigenvalue weighted by Crippen LogP contribution is -2.49. The van der Waals surface area contributed by atoms with Crippen molar-refractivity contribution in [3.63, 3.8) is 0 Å². The van der Waals surface area contributed by atoms with Crippen LogP contribution in [0.2, 0.25) is 5.02 Å². The summed E-state index contributed by atoms with van der Waals surface area (Å²) in [5.41, 5.74) is 4.68. The second-order valence-electron chi connectivity index (χ2n) is 13.2. The van der Waals surface area contributed by atoms with E-state index in [1.807, 2.05) is 12.1 Å². The second kappa shape index (κ2) is 19.2. The first-order valence-electron chi connectivity index (χ1n) is 18.2. The molecule has 292 valence electrons. The number of amides is 2. The largest absolute Gasteiger partial charge is 0.478 e. The number of aliphatic hydroxyl groups is 1. The second-order valence-corrected chi connectivity index (χ2v) is 13.6. The Balaban J connectivity index is 1.15. The summed E-state index contributed by atoms with van der Waals surface area (Å²) in [4.78, 5) is 49.1. The summed E-state index contributed by atoms with van der Waals surface area (Å²) in [5, 5.41) is 24.9. The topological polar surface area (TPSA) is 159 Å². The van der Waals surface area contributed by atoms with Gasteiger partial charge in [-0.3, -0.25) is 14.5 Å². The first-order chi connectivity index (χ1) is 26.7. The Hall–Kier alpha value is -4.70. The van der Waals surface area contributed by atoms with Crippen LogP contribution >= 0.6 is 11.6 Å². The maximum absolute atomic E-state index is 14.8. The van der Waals surface area contributed by atoms with Crippen molar-refractivity contribution in [3.8, 4) is 0 Å². The Bertz CT molecular complexity index is 1910. The molecule has 3 aliphatic rings. The fourth-order valence-electron chi connectivity index (χ4n) is 6.94. The molecule has 6 rings (SSSR count).